The Kier molecular flexibility index (Phi) is 6.88. The van der Waals surface area contributed by atoms with Crippen LogP contribution in [-0.4, -0.2) is 18.5 Å². The van der Waals surface area contributed by atoms with E-state index in [0.717, 1.165) is 17.7 Å². The van der Waals surface area contributed by atoms with Crippen molar-refractivity contribution < 1.29 is 26.1 Å². The lowest BCUT2D eigenvalue weighted by Gasteiger charge is -2.07. The molecule has 1 aromatic rings. The molecule has 0 bridgehead atoms. The summed E-state index contributed by atoms with van der Waals surface area (Å²) in [4.78, 5) is 1.13. The van der Waals surface area contributed by atoms with Gasteiger partial charge in [-0.1, -0.05) is 26.0 Å². The topological polar surface area (TPSA) is 54.4 Å². The van der Waals surface area contributed by atoms with Crippen LogP contribution in [0.4, 0.5) is 13.2 Å². The molecule has 0 aliphatic rings. The summed E-state index contributed by atoms with van der Waals surface area (Å²) in [6.45, 7) is 4.36. The first-order valence-corrected chi connectivity index (χ1v) is 7.26. The van der Waals surface area contributed by atoms with Gasteiger partial charge in [0, 0.05) is 4.90 Å². The SMILES string of the molecule is CCc1cccc(S)c1CC.O=S(=O)(O)C(F)(F)F. The maximum atomic E-state index is 10.7. The Labute approximate surface area is 116 Å². The number of aryl methyl sites for hydroxylation is 1. The third kappa shape index (κ3) is 5.84. The second-order valence-corrected chi connectivity index (χ2v) is 5.44. The van der Waals surface area contributed by atoms with E-state index < -0.39 is 15.6 Å². The fourth-order valence-electron chi connectivity index (χ4n) is 1.36. The zero-order chi connectivity index (χ0) is 15.3. The number of alkyl halides is 3. The average Bonchev–Trinajstić information content (AvgIpc) is 2.26. The molecule has 0 saturated heterocycles. The Morgan fingerprint density at radius 1 is 1.21 bits per heavy atom. The Hall–Kier alpha value is -0.730. The first-order chi connectivity index (χ1) is 8.54. The molecule has 0 unspecified atom stereocenters. The fourth-order valence-corrected chi connectivity index (χ4v) is 1.75. The number of benzene rings is 1. The van der Waals surface area contributed by atoms with Crippen LogP contribution < -0.4 is 0 Å². The largest absolute Gasteiger partial charge is 0.522 e. The van der Waals surface area contributed by atoms with Crippen molar-refractivity contribution in [3.05, 3.63) is 29.3 Å². The van der Waals surface area contributed by atoms with Crippen molar-refractivity contribution in [1.82, 2.24) is 0 Å². The van der Waals surface area contributed by atoms with Gasteiger partial charge in [-0.3, -0.25) is 4.55 Å². The van der Waals surface area contributed by atoms with Crippen LogP contribution in [0.1, 0.15) is 25.0 Å². The number of hydrogen-bond donors (Lipinski definition) is 2. The van der Waals surface area contributed by atoms with Crippen molar-refractivity contribution in [2.75, 3.05) is 0 Å². The number of rotatable bonds is 2. The second kappa shape index (κ2) is 7.16. The van der Waals surface area contributed by atoms with Gasteiger partial charge in [0.15, 0.2) is 0 Å². The average molecular weight is 316 g/mol. The van der Waals surface area contributed by atoms with E-state index in [0.29, 0.717) is 0 Å². The molecule has 1 N–H and O–H groups in total. The molecular weight excluding hydrogens is 301 g/mol. The van der Waals surface area contributed by atoms with Gasteiger partial charge in [-0.2, -0.15) is 21.6 Å². The van der Waals surface area contributed by atoms with E-state index in [2.05, 4.69) is 44.7 Å². The minimum absolute atomic E-state index is 1.09. The van der Waals surface area contributed by atoms with E-state index in [9.17, 15) is 13.2 Å². The van der Waals surface area contributed by atoms with Crippen LogP contribution in [0.3, 0.4) is 0 Å². The van der Waals surface area contributed by atoms with Crippen molar-refractivity contribution in [3.63, 3.8) is 0 Å². The second-order valence-electron chi connectivity index (χ2n) is 3.54. The summed E-state index contributed by atoms with van der Waals surface area (Å²) in [7, 11) is -5.84. The summed E-state index contributed by atoms with van der Waals surface area (Å²) < 4.78 is 57.5. The molecule has 0 spiro atoms. The van der Waals surface area contributed by atoms with Crippen LogP contribution in [0.15, 0.2) is 23.1 Å². The Morgan fingerprint density at radius 3 is 1.95 bits per heavy atom. The van der Waals surface area contributed by atoms with Crippen LogP contribution in [-0.2, 0) is 23.0 Å². The van der Waals surface area contributed by atoms with Gasteiger partial charge >= 0.3 is 15.6 Å². The minimum Gasteiger partial charge on any atom is -0.279 e. The predicted octanol–water partition coefficient (Wildman–Crippen LogP) is 3.49. The van der Waals surface area contributed by atoms with Gasteiger partial charge in [0.05, 0.1) is 0 Å². The number of thiol groups is 1. The number of halogens is 3. The molecule has 19 heavy (non-hydrogen) atoms. The van der Waals surface area contributed by atoms with Crippen molar-refractivity contribution >= 4 is 22.7 Å². The molecule has 0 aliphatic heterocycles. The molecule has 1 rings (SSSR count). The molecule has 0 radical (unpaired) electrons. The van der Waals surface area contributed by atoms with E-state index in [1.807, 2.05) is 0 Å². The minimum atomic E-state index is -5.84. The van der Waals surface area contributed by atoms with Gasteiger partial charge in [-0.05, 0) is 30.0 Å². The lowest BCUT2D eigenvalue weighted by Crippen LogP contribution is -2.21. The highest BCUT2D eigenvalue weighted by molar-refractivity contribution is 7.86. The van der Waals surface area contributed by atoms with E-state index >= 15 is 0 Å². The third-order valence-corrected chi connectivity index (χ3v) is 3.28. The molecule has 0 amide bonds. The summed E-state index contributed by atoms with van der Waals surface area (Å²) in [6.07, 6.45) is 2.19. The summed E-state index contributed by atoms with van der Waals surface area (Å²) >= 11 is 4.40. The van der Waals surface area contributed by atoms with Crippen LogP contribution in [0, 0.1) is 0 Å². The molecule has 0 saturated carbocycles. The molecule has 0 aliphatic carbocycles. The van der Waals surface area contributed by atoms with E-state index in [4.69, 9.17) is 13.0 Å². The maximum absolute atomic E-state index is 10.7. The normalized spacial score (nSPS) is 11.7. The summed E-state index contributed by atoms with van der Waals surface area (Å²) in [5, 5.41) is 0. The molecule has 0 atom stereocenters. The summed E-state index contributed by atoms with van der Waals surface area (Å²) in [6, 6.07) is 6.31. The summed E-state index contributed by atoms with van der Waals surface area (Å²) in [5.74, 6) is 0. The standard InChI is InChI=1S/C10H14S.CHF3O3S/c1-3-8-6-5-7-10(11)9(8)4-2;2-1(3,4)8(5,6)7/h5-7,11H,3-4H2,1-2H3;(H,5,6,7). The molecule has 0 fully saturated rings. The van der Waals surface area contributed by atoms with E-state index in [1.165, 1.54) is 11.1 Å². The van der Waals surface area contributed by atoms with Crippen molar-refractivity contribution in [1.29, 1.82) is 0 Å². The van der Waals surface area contributed by atoms with Gasteiger partial charge < -0.3 is 0 Å². The first-order valence-electron chi connectivity index (χ1n) is 5.38. The van der Waals surface area contributed by atoms with Gasteiger partial charge in [-0.25, -0.2) is 0 Å². The molecule has 8 heteroatoms. The van der Waals surface area contributed by atoms with Crippen molar-refractivity contribution in [2.24, 2.45) is 0 Å². The van der Waals surface area contributed by atoms with Gasteiger partial charge in [0.2, 0.25) is 0 Å². The van der Waals surface area contributed by atoms with Crippen LogP contribution >= 0.6 is 12.6 Å². The molecule has 3 nitrogen and oxygen atoms in total. The Balaban J connectivity index is 0.000000362. The third-order valence-electron chi connectivity index (χ3n) is 2.28. The fraction of sp³-hybridized carbons (Fsp3) is 0.455. The van der Waals surface area contributed by atoms with Crippen LogP contribution in [0.2, 0.25) is 0 Å². The molecule has 0 heterocycles. The zero-order valence-electron chi connectivity index (χ0n) is 10.4. The Bertz CT molecular complexity index is 510. The van der Waals surface area contributed by atoms with Gasteiger partial charge in [-0.15, -0.1) is 12.6 Å². The maximum Gasteiger partial charge on any atom is 0.522 e. The lowest BCUT2D eigenvalue weighted by atomic mass is 10.0. The smallest absolute Gasteiger partial charge is 0.279 e. The molecular formula is C11H15F3O3S2. The highest BCUT2D eigenvalue weighted by Gasteiger charge is 2.44. The first kappa shape index (κ1) is 18.3. The highest BCUT2D eigenvalue weighted by atomic mass is 32.2. The van der Waals surface area contributed by atoms with Crippen molar-refractivity contribution in [3.8, 4) is 0 Å². The predicted molar refractivity (Wildman–Crippen MR) is 70.1 cm³/mol. The molecule has 1 aromatic carbocycles. The highest BCUT2D eigenvalue weighted by Crippen LogP contribution is 2.20. The molecule has 110 valence electrons. The quantitative estimate of drug-likeness (QED) is 0.499. The van der Waals surface area contributed by atoms with E-state index in [-0.39, 0.29) is 0 Å². The van der Waals surface area contributed by atoms with Crippen molar-refractivity contribution in [2.45, 2.75) is 37.1 Å². The number of hydrogen-bond acceptors (Lipinski definition) is 3. The Morgan fingerprint density at radius 2 is 1.68 bits per heavy atom. The van der Waals surface area contributed by atoms with Gasteiger partial charge in [0.1, 0.15) is 0 Å². The molecule has 0 aromatic heterocycles. The lowest BCUT2D eigenvalue weighted by molar-refractivity contribution is -0.0510. The monoisotopic (exact) mass is 316 g/mol. The van der Waals surface area contributed by atoms with Gasteiger partial charge in [0.25, 0.3) is 0 Å². The van der Waals surface area contributed by atoms with Crippen LogP contribution in [0.5, 0.6) is 0 Å². The van der Waals surface area contributed by atoms with Crippen LogP contribution in [0.25, 0.3) is 0 Å². The summed E-state index contributed by atoms with van der Waals surface area (Å²) in [5.41, 5.74) is -2.70. The zero-order valence-corrected chi connectivity index (χ0v) is 12.1. The van der Waals surface area contributed by atoms with E-state index in [1.54, 1.807) is 0 Å².